The van der Waals surface area contributed by atoms with Crippen molar-refractivity contribution in [3.63, 3.8) is 0 Å². The van der Waals surface area contributed by atoms with E-state index in [1.807, 2.05) is 0 Å². The van der Waals surface area contributed by atoms with E-state index in [-0.39, 0.29) is 11.6 Å². The lowest BCUT2D eigenvalue weighted by atomic mass is 9.99. The molecule has 108 valence electrons. The van der Waals surface area contributed by atoms with E-state index in [1.165, 1.54) is 12.1 Å². The predicted octanol–water partition coefficient (Wildman–Crippen LogP) is 3.60. The Labute approximate surface area is 133 Å². The third kappa shape index (κ3) is 3.58. The minimum absolute atomic E-state index is 0.0724. The van der Waals surface area contributed by atoms with Gasteiger partial charge in [0.15, 0.2) is 0 Å². The Kier molecular flexibility index (Phi) is 5.15. The number of non-ortho nitro benzene ring substituents is 1. The Morgan fingerprint density at radius 1 is 1.45 bits per heavy atom. The number of nitrogens with zero attached hydrogens (tertiary/aromatic N) is 2. The second kappa shape index (κ2) is 6.67. The van der Waals surface area contributed by atoms with E-state index in [0.717, 1.165) is 18.2 Å². The van der Waals surface area contributed by atoms with E-state index in [9.17, 15) is 14.9 Å². The molecule has 1 fully saturated rings. The number of nitro benzene ring substituents is 1. The van der Waals surface area contributed by atoms with Crippen molar-refractivity contribution in [1.29, 1.82) is 0 Å². The fraction of sp³-hybridized carbons (Fsp3) is 0.462. The molecular formula is C13H14Br2N2O3. The summed E-state index contributed by atoms with van der Waals surface area (Å²) in [6, 6.07) is 4.37. The number of benzene rings is 1. The fourth-order valence-corrected chi connectivity index (χ4v) is 3.37. The number of alkyl halides is 1. The van der Waals surface area contributed by atoms with E-state index in [1.54, 1.807) is 11.0 Å². The molecule has 0 N–H and O–H groups in total. The number of carbonyl (C=O) groups is 1. The molecule has 1 aliphatic rings. The lowest BCUT2D eigenvalue weighted by molar-refractivity contribution is -0.385. The molecule has 20 heavy (non-hydrogen) atoms. The van der Waals surface area contributed by atoms with Crippen molar-refractivity contribution < 1.29 is 9.72 Å². The monoisotopic (exact) mass is 404 g/mol. The number of hydrogen-bond acceptors (Lipinski definition) is 3. The standard InChI is InChI=1S/C13H14Br2N2O3/c14-7-9-2-1-3-16(8-9)13(18)10-4-11(15)6-12(5-10)17(19)20/h4-6,9H,1-3,7-8H2. The highest BCUT2D eigenvalue weighted by atomic mass is 79.9. The lowest BCUT2D eigenvalue weighted by Crippen LogP contribution is -2.40. The van der Waals surface area contributed by atoms with Crippen molar-refractivity contribution in [1.82, 2.24) is 4.90 Å². The molecule has 1 heterocycles. The van der Waals surface area contributed by atoms with Gasteiger partial charge in [0, 0.05) is 40.6 Å². The molecule has 0 radical (unpaired) electrons. The van der Waals surface area contributed by atoms with Crippen molar-refractivity contribution in [3.8, 4) is 0 Å². The molecule has 0 spiro atoms. The number of amides is 1. The number of rotatable bonds is 3. The second-order valence-electron chi connectivity index (χ2n) is 4.87. The second-order valence-corrected chi connectivity index (χ2v) is 6.43. The summed E-state index contributed by atoms with van der Waals surface area (Å²) in [6.07, 6.45) is 2.08. The van der Waals surface area contributed by atoms with Gasteiger partial charge in [0.1, 0.15) is 0 Å². The van der Waals surface area contributed by atoms with Crippen LogP contribution in [0.1, 0.15) is 23.2 Å². The summed E-state index contributed by atoms with van der Waals surface area (Å²) in [6.45, 7) is 1.41. The van der Waals surface area contributed by atoms with E-state index in [0.29, 0.717) is 29.0 Å². The number of carbonyl (C=O) groups excluding carboxylic acids is 1. The summed E-state index contributed by atoms with van der Waals surface area (Å²) in [5.74, 6) is 0.315. The first kappa shape index (κ1) is 15.4. The van der Waals surface area contributed by atoms with Crippen LogP contribution in [0.2, 0.25) is 0 Å². The molecular weight excluding hydrogens is 392 g/mol. The van der Waals surface area contributed by atoms with Gasteiger partial charge in [-0.05, 0) is 24.8 Å². The van der Waals surface area contributed by atoms with Gasteiger partial charge in [-0.3, -0.25) is 14.9 Å². The quantitative estimate of drug-likeness (QED) is 0.438. The zero-order chi connectivity index (χ0) is 14.7. The van der Waals surface area contributed by atoms with Crippen molar-refractivity contribution in [3.05, 3.63) is 38.3 Å². The maximum Gasteiger partial charge on any atom is 0.271 e. The van der Waals surface area contributed by atoms with Crippen molar-refractivity contribution in [2.24, 2.45) is 5.92 Å². The first-order valence-electron chi connectivity index (χ1n) is 6.31. The molecule has 7 heteroatoms. The van der Waals surface area contributed by atoms with Crippen LogP contribution in [0, 0.1) is 16.0 Å². The van der Waals surface area contributed by atoms with Crippen LogP contribution in [0.3, 0.4) is 0 Å². The summed E-state index contributed by atoms with van der Waals surface area (Å²) in [5.41, 5.74) is 0.290. The van der Waals surface area contributed by atoms with E-state index < -0.39 is 4.92 Å². The van der Waals surface area contributed by atoms with Gasteiger partial charge in [-0.15, -0.1) is 0 Å². The van der Waals surface area contributed by atoms with Crippen molar-refractivity contribution in [2.75, 3.05) is 18.4 Å². The summed E-state index contributed by atoms with van der Waals surface area (Å²) in [7, 11) is 0. The minimum Gasteiger partial charge on any atom is -0.338 e. The van der Waals surface area contributed by atoms with Gasteiger partial charge in [0.25, 0.3) is 11.6 Å². The lowest BCUT2D eigenvalue weighted by Gasteiger charge is -2.32. The molecule has 5 nitrogen and oxygen atoms in total. The summed E-state index contributed by atoms with van der Waals surface area (Å²) < 4.78 is 0.545. The van der Waals surface area contributed by atoms with E-state index >= 15 is 0 Å². The Balaban J connectivity index is 2.22. The Hall–Kier alpha value is -0.950. The van der Waals surface area contributed by atoms with Crippen LogP contribution in [0.5, 0.6) is 0 Å². The van der Waals surface area contributed by atoms with Gasteiger partial charge >= 0.3 is 0 Å². The largest absolute Gasteiger partial charge is 0.338 e. The molecule has 0 bridgehead atoms. The molecule has 0 aromatic heterocycles. The van der Waals surface area contributed by atoms with Crippen LogP contribution >= 0.6 is 31.9 Å². The van der Waals surface area contributed by atoms with Crippen LogP contribution < -0.4 is 0 Å². The van der Waals surface area contributed by atoms with Crippen LogP contribution in [0.15, 0.2) is 22.7 Å². The Bertz CT molecular complexity index is 536. The van der Waals surface area contributed by atoms with Gasteiger partial charge in [0.05, 0.1) is 4.92 Å². The zero-order valence-corrected chi connectivity index (χ0v) is 13.9. The Morgan fingerprint density at radius 3 is 2.85 bits per heavy atom. The van der Waals surface area contributed by atoms with E-state index in [4.69, 9.17) is 0 Å². The highest BCUT2D eigenvalue weighted by Crippen LogP contribution is 2.25. The number of piperidine rings is 1. The molecule has 1 amide bonds. The number of likely N-dealkylation sites (tertiary alicyclic amines) is 1. The van der Waals surface area contributed by atoms with Crippen molar-refractivity contribution in [2.45, 2.75) is 12.8 Å². The minimum atomic E-state index is -0.487. The molecule has 2 rings (SSSR count). The highest BCUT2D eigenvalue weighted by Gasteiger charge is 2.25. The summed E-state index contributed by atoms with van der Waals surface area (Å²) >= 11 is 6.67. The summed E-state index contributed by atoms with van der Waals surface area (Å²) in [5, 5.41) is 11.7. The normalized spacial score (nSPS) is 18.9. The van der Waals surface area contributed by atoms with Gasteiger partial charge in [0.2, 0.25) is 0 Å². The molecule has 1 aromatic rings. The third-order valence-electron chi connectivity index (χ3n) is 3.36. The fourth-order valence-electron chi connectivity index (χ4n) is 2.36. The summed E-state index contributed by atoms with van der Waals surface area (Å²) in [4.78, 5) is 24.6. The van der Waals surface area contributed by atoms with Crippen molar-refractivity contribution >= 4 is 43.5 Å². The average molecular weight is 406 g/mol. The van der Waals surface area contributed by atoms with Crippen LogP contribution in [0.25, 0.3) is 0 Å². The van der Waals surface area contributed by atoms with Gasteiger partial charge in [-0.25, -0.2) is 0 Å². The van der Waals surface area contributed by atoms with Crippen LogP contribution in [-0.4, -0.2) is 34.2 Å². The van der Waals surface area contributed by atoms with Gasteiger partial charge < -0.3 is 4.90 Å². The first-order chi connectivity index (χ1) is 9.51. The van der Waals surface area contributed by atoms with E-state index in [2.05, 4.69) is 31.9 Å². The predicted molar refractivity (Wildman–Crippen MR) is 83.2 cm³/mol. The molecule has 0 saturated carbocycles. The maximum absolute atomic E-state index is 12.5. The number of hydrogen-bond donors (Lipinski definition) is 0. The Morgan fingerprint density at radius 2 is 2.20 bits per heavy atom. The number of halogens is 2. The molecule has 1 aliphatic heterocycles. The molecule has 0 aliphatic carbocycles. The van der Waals surface area contributed by atoms with Crippen LogP contribution in [0.4, 0.5) is 5.69 Å². The molecule has 1 aromatic carbocycles. The maximum atomic E-state index is 12.5. The third-order valence-corrected chi connectivity index (χ3v) is 4.74. The van der Waals surface area contributed by atoms with Gasteiger partial charge in [-0.2, -0.15) is 0 Å². The topological polar surface area (TPSA) is 63.4 Å². The number of nitro groups is 1. The SMILES string of the molecule is O=C(c1cc(Br)cc([N+](=O)[O-])c1)N1CCCC(CBr)C1. The van der Waals surface area contributed by atoms with Crippen LogP contribution in [-0.2, 0) is 0 Å². The van der Waals surface area contributed by atoms with Gasteiger partial charge in [-0.1, -0.05) is 31.9 Å². The molecule has 1 saturated heterocycles. The first-order valence-corrected chi connectivity index (χ1v) is 8.23. The zero-order valence-electron chi connectivity index (χ0n) is 10.7. The molecule has 1 atom stereocenters. The molecule has 1 unspecified atom stereocenters. The highest BCUT2D eigenvalue weighted by molar-refractivity contribution is 9.10. The average Bonchev–Trinajstić information content (AvgIpc) is 2.45. The smallest absolute Gasteiger partial charge is 0.271 e.